The minimum absolute atomic E-state index is 0.0838. The second kappa shape index (κ2) is 6.44. The number of nitrogens with zero attached hydrogens (tertiary/aromatic N) is 1. The normalized spacial score (nSPS) is 11.3. The summed E-state index contributed by atoms with van der Waals surface area (Å²) in [7, 11) is -3.55. The molecule has 0 fully saturated rings. The second-order valence-corrected chi connectivity index (χ2v) is 7.52. The highest BCUT2D eigenvalue weighted by molar-refractivity contribution is 7.90. The Kier molecular flexibility index (Phi) is 4.74. The smallest absolute Gasteiger partial charge is 0.293 e. The predicted octanol–water partition coefficient (Wildman–Crippen LogP) is 1.92. The van der Waals surface area contributed by atoms with Crippen molar-refractivity contribution in [3.8, 4) is 0 Å². The van der Waals surface area contributed by atoms with Gasteiger partial charge in [-0.2, -0.15) is 0 Å². The summed E-state index contributed by atoms with van der Waals surface area (Å²) < 4.78 is 23.1. The van der Waals surface area contributed by atoms with E-state index in [-0.39, 0.29) is 28.4 Å². The molecule has 0 radical (unpaired) electrons. The number of sulfone groups is 1. The molecule has 0 aliphatic carbocycles. The lowest BCUT2D eigenvalue weighted by atomic mass is 10.1. The number of anilines is 1. The van der Waals surface area contributed by atoms with Crippen LogP contribution in [-0.4, -0.2) is 24.6 Å². The standard InChI is InChI=1S/C15H17N3O5S/c1-9-6-10(2)17-15(19)12(9)8-16-13-5-4-11(24(3,22)23)7-14(13)18(20)21/h4-7,16H,8H2,1-3H3,(H,17,19). The van der Waals surface area contributed by atoms with Gasteiger partial charge in [-0.25, -0.2) is 8.42 Å². The number of H-pyrrole nitrogens is 1. The van der Waals surface area contributed by atoms with Gasteiger partial charge in [-0.15, -0.1) is 0 Å². The first-order valence-electron chi connectivity index (χ1n) is 7.01. The van der Waals surface area contributed by atoms with E-state index in [1.807, 2.05) is 0 Å². The number of nitro groups is 1. The molecule has 2 N–H and O–H groups in total. The van der Waals surface area contributed by atoms with Gasteiger partial charge in [-0.1, -0.05) is 0 Å². The number of rotatable bonds is 5. The molecule has 0 unspecified atom stereocenters. The van der Waals surface area contributed by atoms with Crippen LogP contribution in [0.15, 0.2) is 34.0 Å². The third kappa shape index (κ3) is 3.80. The van der Waals surface area contributed by atoms with Gasteiger partial charge in [0.05, 0.1) is 9.82 Å². The number of hydrogen-bond donors (Lipinski definition) is 2. The van der Waals surface area contributed by atoms with Gasteiger partial charge in [-0.3, -0.25) is 14.9 Å². The zero-order chi connectivity index (χ0) is 18.1. The van der Waals surface area contributed by atoms with Crippen LogP contribution in [0.25, 0.3) is 0 Å². The molecule has 9 heteroatoms. The van der Waals surface area contributed by atoms with Crippen molar-refractivity contribution in [3.63, 3.8) is 0 Å². The molecule has 2 aromatic rings. The zero-order valence-corrected chi connectivity index (χ0v) is 14.2. The van der Waals surface area contributed by atoms with Gasteiger partial charge >= 0.3 is 0 Å². The van der Waals surface area contributed by atoms with E-state index in [2.05, 4.69) is 10.3 Å². The molecule has 0 saturated carbocycles. The van der Waals surface area contributed by atoms with Crippen LogP contribution in [0.2, 0.25) is 0 Å². The average Bonchev–Trinajstić information content (AvgIpc) is 2.44. The van der Waals surface area contributed by atoms with E-state index < -0.39 is 14.8 Å². The fraction of sp³-hybridized carbons (Fsp3) is 0.267. The van der Waals surface area contributed by atoms with Gasteiger partial charge in [0.15, 0.2) is 9.84 Å². The van der Waals surface area contributed by atoms with Crippen molar-refractivity contribution in [2.75, 3.05) is 11.6 Å². The van der Waals surface area contributed by atoms with E-state index in [0.29, 0.717) is 5.56 Å². The van der Waals surface area contributed by atoms with Crippen molar-refractivity contribution >= 4 is 21.2 Å². The molecule has 0 amide bonds. The van der Waals surface area contributed by atoms with E-state index in [0.717, 1.165) is 23.6 Å². The number of aryl methyl sites for hydroxylation is 2. The monoisotopic (exact) mass is 351 g/mol. The predicted molar refractivity (Wildman–Crippen MR) is 90.1 cm³/mol. The summed E-state index contributed by atoms with van der Waals surface area (Å²) >= 11 is 0. The maximum atomic E-state index is 12.0. The summed E-state index contributed by atoms with van der Waals surface area (Å²) in [5.41, 5.74) is 1.47. The third-order valence-corrected chi connectivity index (χ3v) is 4.65. The van der Waals surface area contributed by atoms with Gasteiger partial charge in [0.25, 0.3) is 11.2 Å². The van der Waals surface area contributed by atoms with Crippen LogP contribution < -0.4 is 10.9 Å². The number of pyridine rings is 1. The Morgan fingerprint density at radius 3 is 2.46 bits per heavy atom. The van der Waals surface area contributed by atoms with Crippen LogP contribution in [0.1, 0.15) is 16.8 Å². The maximum absolute atomic E-state index is 12.0. The van der Waals surface area contributed by atoms with Gasteiger partial charge in [0, 0.05) is 30.1 Å². The first kappa shape index (κ1) is 17.7. The summed E-state index contributed by atoms with van der Waals surface area (Å²) in [6.45, 7) is 3.63. The summed E-state index contributed by atoms with van der Waals surface area (Å²) in [6.07, 6.45) is 0.981. The van der Waals surface area contributed by atoms with E-state index in [1.54, 1.807) is 19.9 Å². The summed E-state index contributed by atoms with van der Waals surface area (Å²) in [5.74, 6) is 0. The number of nitro benzene ring substituents is 1. The molecule has 8 nitrogen and oxygen atoms in total. The number of hydrogen-bond acceptors (Lipinski definition) is 6. The Balaban J connectivity index is 2.37. The van der Waals surface area contributed by atoms with E-state index in [1.165, 1.54) is 12.1 Å². The molecule has 1 aromatic carbocycles. The van der Waals surface area contributed by atoms with E-state index >= 15 is 0 Å². The van der Waals surface area contributed by atoms with E-state index in [4.69, 9.17) is 0 Å². The third-order valence-electron chi connectivity index (χ3n) is 3.54. The van der Waals surface area contributed by atoms with Crippen molar-refractivity contribution in [1.82, 2.24) is 4.98 Å². The van der Waals surface area contributed by atoms with Crippen molar-refractivity contribution in [2.45, 2.75) is 25.3 Å². The first-order valence-corrected chi connectivity index (χ1v) is 8.90. The van der Waals surface area contributed by atoms with Crippen molar-refractivity contribution in [1.29, 1.82) is 0 Å². The number of nitrogens with one attached hydrogen (secondary N) is 2. The summed E-state index contributed by atoms with van der Waals surface area (Å²) in [4.78, 5) is 25.0. The van der Waals surface area contributed by atoms with Crippen LogP contribution in [0.3, 0.4) is 0 Å². The van der Waals surface area contributed by atoms with Gasteiger partial charge < -0.3 is 10.3 Å². The lowest BCUT2D eigenvalue weighted by molar-refractivity contribution is -0.384. The molecule has 0 aliphatic rings. The maximum Gasteiger partial charge on any atom is 0.293 e. The van der Waals surface area contributed by atoms with Crippen molar-refractivity contribution < 1.29 is 13.3 Å². The molecule has 2 rings (SSSR count). The van der Waals surface area contributed by atoms with Crippen molar-refractivity contribution in [3.05, 3.63) is 61.6 Å². The van der Waals surface area contributed by atoms with Gasteiger partial charge in [0.2, 0.25) is 0 Å². The fourth-order valence-corrected chi connectivity index (χ4v) is 2.97. The molecule has 0 saturated heterocycles. The molecule has 0 aliphatic heterocycles. The van der Waals surface area contributed by atoms with Crippen LogP contribution >= 0.6 is 0 Å². The highest BCUT2D eigenvalue weighted by Crippen LogP contribution is 2.28. The minimum Gasteiger partial charge on any atom is -0.375 e. The highest BCUT2D eigenvalue weighted by atomic mass is 32.2. The first-order chi connectivity index (χ1) is 11.1. The molecule has 0 bridgehead atoms. The molecular formula is C15H17N3O5S. The quantitative estimate of drug-likeness (QED) is 0.627. The molecule has 128 valence electrons. The van der Waals surface area contributed by atoms with E-state index in [9.17, 15) is 23.3 Å². The second-order valence-electron chi connectivity index (χ2n) is 5.50. The molecule has 24 heavy (non-hydrogen) atoms. The Bertz CT molecular complexity index is 964. The Hall–Kier alpha value is -2.68. The largest absolute Gasteiger partial charge is 0.375 e. The lowest BCUT2D eigenvalue weighted by Gasteiger charge is -2.10. The fourth-order valence-electron chi connectivity index (χ4n) is 2.33. The SMILES string of the molecule is Cc1cc(C)c(CNc2ccc(S(C)(=O)=O)cc2[N+](=O)[O-])c(=O)[nH]1. The topological polar surface area (TPSA) is 122 Å². The molecule has 1 heterocycles. The lowest BCUT2D eigenvalue weighted by Crippen LogP contribution is -2.18. The molecule has 0 atom stereocenters. The molecule has 0 spiro atoms. The zero-order valence-electron chi connectivity index (χ0n) is 13.4. The van der Waals surface area contributed by atoms with Crippen LogP contribution in [0.5, 0.6) is 0 Å². The van der Waals surface area contributed by atoms with Crippen molar-refractivity contribution in [2.24, 2.45) is 0 Å². The van der Waals surface area contributed by atoms with Gasteiger partial charge in [-0.05, 0) is 37.6 Å². The number of aromatic nitrogens is 1. The van der Waals surface area contributed by atoms with Crippen LogP contribution in [-0.2, 0) is 16.4 Å². The van der Waals surface area contributed by atoms with Crippen LogP contribution in [0.4, 0.5) is 11.4 Å². The average molecular weight is 351 g/mol. The van der Waals surface area contributed by atoms with Gasteiger partial charge in [0.1, 0.15) is 5.69 Å². The Morgan fingerprint density at radius 2 is 1.92 bits per heavy atom. The summed E-state index contributed by atoms with van der Waals surface area (Å²) in [5, 5.41) is 14.0. The Morgan fingerprint density at radius 1 is 1.25 bits per heavy atom. The van der Waals surface area contributed by atoms with Crippen LogP contribution in [0, 0.1) is 24.0 Å². The number of benzene rings is 1. The summed E-state index contributed by atoms with van der Waals surface area (Å²) in [6, 6.07) is 5.42. The number of aromatic amines is 1. The molecular weight excluding hydrogens is 334 g/mol. The minimum atomic E-state index is -3.55. The Labute approximate surface area is 138 Å². The highest BCUT2D eigenvalue weighted by Gasteiger charge is 2.19. The molecule has 1 aromatic heterocycles.